The summed E-state index contributed by atoms with van der Waals surface area (Å²) >= 11 is 2.84. The van der Waals surface area contributed by atoms with Gasteiger partial charge >= 0.3 is 5.97 Å². The van der Waals surface area contributed by atoms with Gasteiger partial charge in [0.15, 0.2) is 0 Å². The van der Waals surface area contributed by atoms with E-state index in [2.05, 4.69) is 31.9 Å². The van der Waals surface area contributed by atoms with Gasteiger partial charge < -0.3 is 53.6 Å². The number of amides is 7. The van der Waals surface area contributed by atoms with Gasteiger partial charge in [0, 0.05) is 12.8 Å². The Morgan fingerprint density at radius 3 is 1.31 bits per heavy atom. The Labute approximate surface area is 399 Å². The lowest BCUT2D eigenvalue weighted by molar-refractivity contribution is -0.140. The van der Waals surface area contributed by atoms with E-state index in [1.54, 1.807) is 79.1 Å². The molecular weight excluding hydrogens is 901 g/mol. The normalized spacial score (nSPS) is 14.2. The number of aliphatic carboxylic acids is 1. The maximum Gasteiger partial charge on any atom is 0.305 e. The van der Waals surface area contributed by atoms with Crippen molar-refractivity contribution in [3.63, 3.8) is 0 Å². The maximum absolute atomic E-state index is 14.5. The fourth-order valence-electron chi connectivity index (χ4n) is 6.85. The number of nitrogens with two attached hydrogens (primary N) is 2. The van der Waals surface area contributed by atoms with Gasteiger partial charge in [-0.3, -0.25) is 38.4 Å². The molecule has 0 bridgehead atoms. The van der Waals surface area contributed by atoms with Gasteiger partial charge in [0.2, 0.25) is 41.4 Å². The molecular formula is C47H64N8O10S2. The molecule has 0 saturated heterocycles. The average Bonchev–Trinajstić information content (AvgIpc) is 3.28. The Kier molecular flexibility index (Phi) is 23.7. The van der Waals surface area contributed by atoms with E-state index in [1.807, 2.05) is 20.1 Å². The quantitative estimate of drug-likeness (QED) is 0.0468. The van der Waals surface area contributed by atoms with Gasteiger partial charge in [-0.05, 0) is 84.4 Å². The highest BCUT2D eigenvalue weighted by Crippen LogP contribution is 2.14. The van der Waals surface area contributed by atoms with E-state index in [4.69, 9.17) is 11.5 Å². The molecule has 0 aliphatic carbocycles. The van der Waals surface area contributed by atoms with Crippen molar-refractivity contribution < 1.29 is 48.6 Å². The van der Waals surface area contributed by atoms with Crippen LogP contribution in [0.15, 0.2) is 84.9 Å². The van der Waals surface area contributed by atoms with Crippen LogP contribution in [-0.2, 0) is 57.6 Å². The molecule has 20 heteroatoms. The molecule has 0 aromatic heterocycles. The third-order valence-corrected chi connectivity index (χ3v) is 11.7. The number of carbonyl (C=O) groups excluding carboxylic acids is 7. The molecule has 18 nitrogen and oxygen atoms in total. The molecule has 364 valence electrons. The Hall–Kier alpha value is -6.12. The molecule has 7 atom stereocenters. The zero-order valence-electron chi connectivity index (χ0n) is 38.2. The Morgan fingerprint density at radius 1 is 0.522 bits per heavy atom. The molecule has 0 heterocycles. The summed E-state index contributed by atoms with van der Waals surface area (Å²) in [5.41, 5.74) is 13.6. The monoisotopic (exact) mass is 964 g/mol. The topological polar surface area (TPSA) is 301 Å². The highest BCUT2D eigenvalue weighted by molar-refractivity contribution is 7.98. The van der Waals surface area contributed by atoms with Crippen molar-refractivity contribution in [3.05, 3.63) is 102 Å². The Morgan fingerprint density at radius 2 is 0.896 bits per heavy atom. The number of phenolic OH excluding ortho intramolecular Hbond substituents is 1. The number of phenols is 1. The smallest absolute Gasteiger partial charge is 0.305 e. The summed E-state index contributed by atoms with van der Waals surface area (Å²) in [5.74, 6) is -5.96. The maximum atomic E-state index is 14.5. The highest BCUT2D eigenvalue weighted by atomic mass is 32.2. The van der Waals surface area contributed by atoms with Crippen LogP contribution in [0.25, 0.3) is 0 Å². The van der Waals surface area contributed by atoms with Crippen molar-refractivity contribution in [3.8, 4) is 5.75 Å². The lowest BCUT2D eigenvalue weighted by Gasteiger charge is -2.28. The summed E-state index contributed by atoms with van der Waals surface area (Å²) in [6.07, 6.45) is 3.38. The number of hydrogen-bond donors (Lipinski definition) is 10. The molecule has 0 radical (unpaired) electrons. The minimum absolute atomic E-state index is 0.00258. The largest absolute Gasteiger partial charge is 0.508 e. The third kappa shape index (κ3) is 20.1. The minimum Gasteiger partial charge on any atom is -0.508 e. The van der Waals surface area contributed by atoms with Crippen molar-refractivity contribution in [1.82, 2.24) is 31.9 Å². The van der Waals surface area contributed by atoms with Crippen molar-refractivity contribution in [2.24, 2.45) is 17.4 Å². The zero-order chi connectivity index (χ0) is 49.5. The molecule has 12 N–H and O–H groups in total. The number of carboxylic acid groups (broad SMARTS) is 1. The van der Waals surface area contributed by atoms with E-state index in [0.717, 1.165) is 0 Å². The number of carboxylic acids is 1. The molecule has 7 amide bonds. The van der Waals surface area contributed by atoms with Crippen LogP contribution < -0.4 is 43.4 Å². The van der Waals surface area contributed by atoms with Crippen LogP contribution in [0.3, 0.4) is 0 Å². The van der Waals surface area contributed by atoms with Crippen molar-refractivity contribution in [2.45, 2.75) is 101 Å². The second-order valence-electron chi connectivity index (χ2n) is 16.4. The SMILES string of the molecule is CSCC[C@H](NC(=O)[C@H](CC(C)C)NC(=O)[C@H](Cc1ccccc1)NC(=O)[C@H](Cc1ccccc1)NC(=O)[C@@H](CCSC)NC(=O)[C@@H](N)Cc1ccc(O)cc1)C(=O)N[C@@H](CC(=O)O)C(N)=O. The van der Waals surface area contributed by atoms with Crippen LogP contribution in [0, 0.1) is 5.92 Å². The predicted octanol–water partition coefficient (Wildman–Crippen LogP) is 1.17. The van der Waals surface area contributed by atoms with E-state index in [9.17, 15) is 48.6 Å². The average molecular weight is 965 g/mol. The van der Waals surface area contributed by atoms with Crippen LogP contribution in [-0.4, -0.2) is 124 Å². The summed E-state index contributed by atoms with van der Waals surface area (Å²) in [6, 6.07) is 15.3. The molecule has 0 saturated carbocycles. The minimum atomic E-state index is -1.54. The number of hydrogen-bond acceptors (Lipinski definition) is 12. The van der Waals surface area contributed by atoms with Crippen molar-refractivity contribution in [1.29, 1.82) is 0 Å². The predicted molar refractivity (Wildman–Crippen MR) is 259 cm³/mol. The Balaban J connectivity index is 1.91. The van der Waals surface area contributed by atoms with Crippen LogP contribution >= 0.6 is 23.5 Å². The Bertz CT molecular complexity index is 2100. The number of benzene rings is 3. The van der Waals surface area contributed by atoms with Gasteiger partial charge in [-0.25, -0.2) is 0 Å². The number of primary amides is 1. The highest BCUT2D eigenvalue weighted by Gasteiger charge is 2.34. The van der Waals surface area contributed by atoms with Gasteiger partial charge in [0.05, 0.1) is 12.5 Å². The summed E-state index contributed by atoms with van der Waals surface area (Å²) < 4.78 is 0. The number of carbonyl (C=O) groups is 8. The fraction of sp³-hybridized carbons (Fsp3) is 0.447. The number of aromatic hydroxyl groups is 1. The van der Waals surface area contributed by atoms with E-state index in [0.29, 0.717) is 28.2 Å². The number of rotatable bonds is 29. The van der Waals surface area contributed by atoms with E-state index in [1.165, 1.54) is 35.7 Å². The van der Waals surface area contributed by atoms with Crippen molar-refractivity contribution in [2.75, 3.05) is 24.0 Å². The lowest BCUT2D eigenvalue weighted by atomic mass is 9.99. The summed E-state index contributed by atoms with van der Waals surface area (Å²) in [5, 5.41) is 35.0. The second-order valence-corrected chi connectivity index (χ2v) is 18.4. The van der Waals surface area contributed by atoms with Gasteiger partial charge in [-0.2, -0.15) is 23.5 Å². The fourth-order valence-corrected chi connectivity index (χ4v) is 7.79. The summed E-state index contributed by atoms with van der Waals surface area (Å²) in [7, 11) is 0. The van der Waals surface area contributed by atoms with E-state index < -0.39 is 96.0 Å². The molecule has 0 fully saturated rings. The summed E-state index contributed by atoms with van der Waals surface area (Å²) in [4.78, 5) is 107. The van der Waals surface area contributed by atoms with Crippen molar-refractivity contribution >= 4 is 70.8 Å². The zero-order valence-corrected chi connectivity index (χ0v) is 39.8. The molecule has 3 aromatic carbocycles. The van der Waals surface area contributed by atoms with E-state index >= 15 is 0 Å². The van der Waals surface area contributed by atoms with Crippen LogP contribution in [0.5, 0.6) is 5.75 Å². The van der Waals surface area contributed by atoms with Gasteiger partial charge in [0.1, 0.15) is 42.0 Å². The first kappa shape index (κ1) is 55.2. The van der Waals surface area contributed by atoms with Gasteiger partial charge in [-0.1, -0.05) is 86.6 Å². The number of nitrogens with one attached hydrogen (secondary N) is 6. The first-order valence-corrected chi connectivity index (χ1v) is 24.6. The molecule has 0 aliphatic rings. The third-order valence-electron chi connectivity index (χ3n) is 10.4. The second kappa shape index (κ2) is 28.8. The molecule has 67 heavy (non-hydrogen) atoms. The molecule has 3 rings (SSSR count). The molecule has 0 unspecified atom stereocenters. The van der Waals surface area contributed by atoms with E-state index in [-0.39, 0.29) is 50.2 Å². The molecule has 0 spiro atoms. The van der Waals surface area contributed by atoms with Crippen LogP contribution in [0.1, 0.15) is 56.2 Å². The summed E-state index contributed by atoms with van der Waals surface area (Å²) in [6.45, 7) is 3.65. The lowest BCUT2D eigenvalue weighted by Crippen LogP contribution is -2.60. The van der Waals surface area contributed by atoms with Gasteiger partial charge in [0.25, 0.3) is 0 Å². The van der Waals surface area contributed by atoms with Crippen LogP contribution in [0.4, 0.5) is 0 Å². The standard InChI is InChI=1S/C47H64N8O10S2/c1-28(2)23-37(45(63)51-35(20-22-67-4)43(61)52-36(41(49)59)27-40(57)58)53-46(64)39(26-30-13-9-6-10-14-30)55-47(65)38(25-29-11-7-5-8-12-29)54-44(62)34(19-21-66-3)50-42(60)33(48)24-31-15-17-32(56)18-16-31/h5-18,28,33-39,56H,19-27,48H2,1-4H3,(H2,49,59)(H,50,60)(H,51,63)(H,52,61)(H,53,64)(H,54,62)(H,55,65)(H,57,58)/t33-,34+,35-,36-,37-,38-,39-/m0/s1. The first-order valence-electron chi connectivity index (χ1n) is 21.8. The first-order chi connectivity index (χ1) is 31.9. The number of thioether (sulfide) groups is 2. The molecule has 0 aliphatic heterocycles. The molecule has 3 aromatic rings. The van der Waals surface area contributed by atoms with Gasteiger partial charge in [-0.15, -0.1) is 0 Å². The van der Waals surface area contributed by atoms with Crippen LogP contribution in [0.2, 0.25) is 0 Å².